The molecular formula is C19H12N2O2. The van der Waals surface area contributed by atoms with Crippen molar-refractivity contribution < 1.29 is 0 Å². The van der Waals surface area contributed by atoms with E-state index >= 15 is 0 Å². The van der Waals surface area contributed by atoms with Gasteiger partial charge in [-0.05, 0) is 29.8 Å². The Morgan fingerprint density at radius 1 is 0.957 bits per heavy atom. The van der Waals surface area contributed by atoms with Crippen LogP contribution >= 0.6 is 0 Å². The number of hydrogen-bond acceptors (Lipinski definition) is 2. The van der Waals surface area contributed by atoms with Gasteiger partial charge in [0.25, 0.3) is 11.1 Å². The van der Waals surface area contributed by atoms with Crippen LogP contribution in [0.2, 0.25) is 0 Å². The lowest BCUT2D eigenvalue weighted by Crippen LogP contribution is -2.22. The number of para-hydroxylation sites is 1. The number of aromatic nitrogens is 2. The summed E-state index contributed by atoms with van der Waals surface area (Å²) in [5, 5.41) is 0.551. The molecule has 0 saturated carbocycles. The van der Waals surface area contributed by atoms with Crippen molar-refractivity contribution in [2.75, 3.05) is 0 Å². The molecule has 110 valence electrons. The second-order valence-corrected chi connectivity index (χ2v) is 5.80. The molecular weight excluding hydrogens is 288 g/mol. The third-order valence-corrected chi connectivity index (χ3v) is 4.58. The van der Waals surface area contributed by atoms with Crippen LogP contribution in [0.5, 0.6) is 0 Å². The first kappa shape index (κ1) is 12.4. The van der Waals surface area contributed by atoms with Crippen LogP contribution < -0.4 is 11.1 Å². The molecule has 1 atom stereocenters. The molecule has 5 rings (SSSR count). The summed E-state index contributed by atoms with van der Waals surface area (Å²) in [6.45, 7) is 0. The summed E-state index contributed by atoms with van der Waals surface area (Å²) < 4.78 is 3.41. The molecule has 0 aromatic heterocycles. The zero-order valence-electron chi connectivity index (χ0n) is 12.1. The van der Waals surface area contributed by atoms with E-state index in [4.69, 9.17) is 0 Å². The fourth-order valence-electron chi connectivity index (χ4n) is 3.57. The molecule has 0 saturated heterocycles. The molecule has 1 aromatic carbocycles. The lowest BCUT2D eigenvalue weighted by atomic mass is 10.0. The van der Waals surface area contributed by atoms with Crippen LogP contribution in [-0.2, 0) is 0 Å². The van der Waals surface area contributed by atoms with Crippen molar-refractivity contribution in [2.45, 2.75) is 6.04 Å². The summed E-state index contributed by atoms with van der Waals surface area (Å²) in [6.07, 6.45) is 9.94. The van der Waals surface area contributed by atoms with Crippen LogP contribution in [0.3, 0.4) is 0 Å². The van der Waals surface area contributed by atoms with E-state index in [1.165, 1.54) is 0 Å². The Hall–Kier alpha value is -3.14. The van der Waals surface area contributed by atoms with E-state index in [1.54, 1.807) is 27.3 Å². The van der Waals surface area contributed by atoms with Gasteiger partial charge in [0.15, 0.2) is 0 Å². The van der Waals surface area contributed by atoms with Gasteiger partial charge in [-0.3, -0.25) is 18.7 Å². The Labute approximate surface area is 131 Å². The summed E-state index contributed by atoms with van der Waals surface area (Å²) in [5.74, 6) is 0. The van der Waals surface area contributed by atoms with E-state index in [9.17, 15) is 9.59 Å². The maximum absolute atomic E-state index is 13.1. The summed E-state index contributed by atoms with van der Waals surface area (Å²) in [7, 11) is 0. The van der Waals surface area contributed by atoms with Crippen LogP contribution in [0.25, 0.3) is 22.7 Å². The van der Waals surface area contributed by atoms with Gasteiger partial charge in [0.05, 0.1) is 28.3 Å². The van der Waals surface area contributed by atoms with Gasteiger partial charge in [0.2, 0.25) is 0 Å². The SMILES string of the molecule is O=c1c2ccccc2n2c(=O)ccc-2c2n1C1C=CC=CC1=C2. The predicted octanol–water partition coefficient (Wildman–Crippen LogP) is 2.65. The minimum atomic E-state index is -0.117. The summed E-state index contributed by atoms with van der Waals surface area (Å²) in [4.78, 5) is 25.5. The Balaban J connectivity index is 2.07. The molecule has 4 nitrogen and oxygen atoms in total. The summed E-state index contributed by atoms with van der Waals surface area (Å²) in [6, 6.07) is 10.5. The van der Waals surface area contributed by atoms with E-state index in [2.05, 4.69) is 0 Å². The van der Waals surface area contributed by atoms with Crippen molar-refractivity contribution in [1.29, 1.82) is 0 Å². The largest absolute Gasteiger partial charge is 0.295 e. The molecule has 0 amide bonds. The molecule has 0 N–H and O–H groups in total. The topological polar surface area (TPSA) is 44.0 Å². The standard InChI is InChI=1S/C19H12N2O2/c22-18-10-9-16-17-11-12-5-1-3-7-14(12)21(17)19(23)13-6-2-4-8-15(13)20(16)18/h1-11,14H. The molecule has 0 spiro atoms. The highest BCUT2D eigenvalue weighted by Crippen LogP contribution is 2.35. The van der Waals surface area contributed by atoms with Crippen molar-refractivity contribution >= 4 is 17.0 Å². The Kier molecular flexibility index (Phi) is 2.26. The van der Waals surface area contributed by atoms with Crippen molar-refractivity contribution in [1.82, 2.24) is 9.13 Å². The minimum Gasteiger partial charge on any atom is -0.295 e. The number of hydrogen-bond donors (Lipinski definition) is 0. The molecule has 1 unspecified atom stereocenters. The smallest absolute Gasteiger partial charge is 0.261 e. The highest BCUT2D eigenvalue weighted by atomic mass is 16.1. The monoisotopic (exact) mass is 300 g/mol. The summed E-state index contributed by atoms with van der Waals surface area (Å²) >= 11 is 0. The highest BCUT2D eigenvalue weighted by Gasteiger charge is 2.28. The van der Waals surface area contributed by atoms with Gasteiger partial charge in [-0.25, -0.2) is 0 Å². The van der Waals surface area contributed by atoms with Crippen molar-refractivity contribution in [3.63, 3.8) is 0 Å². The third-order valence-electron chi connectivity index (χ3n) is 4.58. The first-order valence-corrected chi connectivity index (χ1v) is 7.51. The molecule has 0 fully saturated rings. The molecule has 1 aliphatic carbocycles. The zero-order valence-corrected chi connectivity index (χ0v) is 12.1. The Bertz CT molecular complexity index is 1160. The lowest BCUT2D eigenvalue weighted by molar-refractivity contribution is 0.692. The zero-order chi connectivity index (χ0) is 15.6. The van der Waals surface area contributed by atoms with Crippen LogP contribution in [0.15, 0.2) is 75.9 Å². The van der Waals surface area contributed by atoms with Crippen molar-refractivity contribution in [2.24, 2.45) is 0 Å². The molecule has 0 bridgehead atoms. The van der Waals surface area contributed by atoms with Crippen molar-refractivity contribution in [3.05, 3.63) is 92.7 Å². The average Bonchev–Trinajstić information content (AvgIpc) is 3.12. The first-order valence-electron chi connectivity index (χ1n) is 7.51. The van der Waals surface area contributed by atoms with E-state index in [0.717, 1.165) is 17.0 Å². The van der Waals surface area contributed by atoms with E-state index in [-0.39, 0.29) is 17.2 Å². The fraction of sp³-hybridized carbons (Fsp3) is 0.0526. The maximum Gasteiger partial charge on any atom is 0.261 e. The molecule has 0 radical (unpaired) electrons. The molecule has 23 heavy (non-hydrogen) atoms. The molecule has 3 heterocycles. The Morgan fingerprint density at radius 2 is 1.83 bits per heavy atom. The van der Waals surface area contributed by atoms with Crippen molar-refractivity contribution in [3.8, 4) is 5.69 Å². The van der Waals surface area contributed by atoms with Gasteiger partial charge < -0.3 is 0 Å². The first-order chi connectivity index (χ1) is 11.3. The molecule has 1 aromatic rings. The predicted molar refractivity (Wildman–Crippen MR) is 90.3 cm³/mol. The third kappa shape index (κ3) is 1.50. The average molecular weight is 300 g/mol. The van der Waals surface area contributed by atoms with Crippen LogP contribution in [-0.4, -0.2) is 9.13 Å². The second-order valence-electron chi connectivity index (χ2n) is 5.80. The number of nitrogens with zero attached hydrogens (tertiary/aromatic N) is 2. The van der Waals surface area contributed by atoms with E-state index in [0.29, 0.717) is 10.9 Å². The van der Waals surface area contributed by atoms with Gasteiger partial charge in [0.1, 0.15) is 0 Å². The number of fused-ring (bicyclic) bond motifs is 7. The molecule has 3 aliphatic heterocycles. The number of rotatable bonds is 0. The normalized spacial score (nSPS) is 18.3. The maximum atomic E-state index is 13.1. The molecule has 4 aliphatic rings. The number of benzene rings is 1. The number of allylic oxidation sites excluding steroid dienone is 5. The van der Waals surface area contributed by atoms with E-state index < -0.39 is 0 Å². The van der Waals surface area contributed by atoms with Gasteiger partial charge in [-0.2, -0.15) is 0 Å². The van der Waals surface area contributed by atoms with Gasteiger partial charge in [-0.1, -0.05) is 36.4 Å². The summed E-state index contributed by atoms with van der Waals surface area (Å²) in [5.41, 5.74) is 3.07. The van der Waals surface area contributed by atoms with Gasteiger partial charge >= 0.3 is 0 Å². The van der Waals surface area contributed by atoms with Crippen LogP contribution in [0, 0.1) is 0 Å². The highest BCUT2D eigenvalue weighted by molar-refractivity contribution is 5.83. The van der Waals surface area contributed by atoms with Gasteiger partial charge in [0, 0.05) is 6.07 Å². The fourth-order valence-corrected chi connectivity index (χ4v) is 3.57. The lowest BCUT2D eigenvalue weighted by Gasteiger charge is -2.14. The van der Waals surface area contributed by atoms with Gasteiger partial charge in [-0.15, -0.1) is 0 Å². The van der Waals surface area contributed by atoms with Crippen LogP contribution in [0.1, 0.15) is 11.7 Å². The Morgan fingerprint density at radius 3 is 2.74 bits per heavy atom. The van der Waals surface area contributed by atoms with E-state index in [1.807, 2.05) is 48.6 Å². The second kappa shape index (κ2) is 4.20. The minimum absolute atomic E-state index is 0.0742. The quantitative estimate of drug-likeness (QED) is 0.640. The van der Waals surface area contributed by atoms with Crippen LogP contribution in [0.4, 0.5) is 0 Å². The molecule has 4 heteroatoms.